The van der Waals surface area contributed by atoms with Gasteiger partial charge in [0.05, 0.1) is 0 Å². The number of nitrogens with zero attached hydrogens (tertiary/aromatic N) is 2. The molecule has 8 heteroatoms. The Kier molecular flexibility index (Phi) is 8.76. The maximum absolute atomic E-state index is 14.3. The summed E-state index contributed by atoms with van der Waals surface area (Å²) in [6.45, 7) is 0. The minimum absolute atomic E-state index is 0.488. The predicted octanol–water partition coefficient (Wildman–Crippen LogP) is 3.66. The van der Waals surface area contributed by atoms with Crippen LogP contribution in [0.15, 0.2) is 97.1 Å². The summed E-state index contributed by atoms with van der Waals surface area (Å²) in [6.07, 6.45) is -2.25. The third-order valence-electron chi connectivity index (χ3n) is 6.24. The Balaban J connectivity index is 0.000000414. The maximum Gasteiger partial charge on any atom is 0.192 e. The van der Waals surface area contributed by atoms with Gasteiger partial charge in [0.1, 0.15) is 29.4 Å². The van der Waals surface area contributed by atoms with E-state index in [9.17, 15) is 17.6 Å². The third kappa shape index (κ3) is 6.20. The van der Waals surface area contributed by atoms with Crippen molar-refractivity contribution in [2.24, 2.45) is 0 Å². The van der Waals surface area contributed by atoms with Crippen LogP contribution in [0.5, 0.6) is 0 Å². The van der Waals surface area contributed by atoms with Crippen molar-refractivity contribution in [1.82, 2.24) is 9.80 Å². The molecule has 0 fully saturated rings. The van der Waals surface area contributed by atoms with Gasteiger partial charge in [-0.05, 0) is 24.3 Å². The van der Waals surface area contributed by atoms with Gasteiger partial charge >= 0.3 is 0 Å². The lowest BCUT2D eigenvalue weighted by Gasteiger charge is -2.44. The van der Waals surface area contributed by atoms with Crippen LogP contribution in [0.25, 0.3) is 0 Å². The Labute approximate surface area is 215 Å². The van der Waals surface area contributed by atoms with Crippen LogP contribution in [0, 0.1) is 28.7 Å². The number of benzene rings is 4. The maximum atomic E-state index is 14.3. The summed E-state index contributed by atoms with van der Waals surface area (Å²) in [5.74, 6) is -1.43. The second-order valence-corrected chi connectivity index (χ2v) is 9.20. The van der Waals surface area contributed by atoms with Crippen molar-refractivity contribution in [3.8, 4) is 0 Å². The van der Waals surface area contributed by atoms with Crippen molar-refractivity contribution in [2.45, 2.75) is 0 Å². The number of nitrogens with one attached hydrogen (secondary N) is 1. The van der Waals surface area contributed by atoms with Gasteiger partial charge in [-0.3, -0.25) is 5.41 Å². The highest BCUT2D eigenvalue weighted by Crippen LogP contribution is 2.13. The van der Waals surface area contributed by atoms with Crippen LogP contribution < -0.4 is 21.9 Å². The normalized spacial score (nSPS) is 10.8. The van der Waals surface area contributed by atoms with Crippen molar-refractivity contribution in [3.63, 3.8) is 0 Å². The highest BCUT2D eigenvalue weighted by molar-refractivity contribution is 7.19. The molecule has 1 N–H and O–H groups in total. The molecular formula is C29H29BF4N3-. The molecule has 0 spiro atoms. The quantitative estimate of drug-likeness (QED) is 0.198. The van der Waals surface area contributed by atoms with E-state index in [0.29, 0.717) is 27.8 Å². The lowest BCUT2D eigenvalue weighted by molar-refractivity contribution is 0.478. The molecule has 0 radical (unpaired) electrons. The average Bonchev–Trinajstić information content (AvgIpc) is 2.85. The first-order valence-electron chi connectivity index (χ1n) is 11.7. The molecule has 0 bridgehead atoms. The Bertz CT molecular complexity index is 1180. The second-order valence-electron chi connectivity index (χ2n) is 9.20. The van der Waals surface area contributed by atoms with E-state index in [1.165, 1.54) is 48.5 Å². The van der Waals surface area contributed by atoms with Gasteiger partial charge in [0, 0.05) is 28.2 Å². The summed E-state index contributed by atoms with van der Waals surface area (Å²) in [6, 6.07) is 23.5. The second kappa shape index (κ2) is 11.8. The summed E-state index contributed by atoms with van der Waals surface area (Å²) in [5, 5.41) is 7.25. The van der Waals surface area contributed by atoms with Crippen molar-refractivity contribution in [2.75, 3.05) is 28.2 Å². The first-order valence-corrected chi connectivity index (χ1v) is 11.7. The van der Waals surface area contributed by atoms with E-state index in [2.05, 4.69) is 0 Å². The summed E-state index contributed by atoms with van der Waals surface area (Å²) >= 11 is 0. The van der Waals surface area contributed by atoms with Crippen molar-refractivity contribution in [3.05, 3.63) is 120 Å². The van der Waals surface area contributed by atoms with Crippen LogP contribution in [-0.4, -0.2) is 50.1 Å². The zero-order valence-electron chi connectivity index (χ0n) is 21.2. The van der Waals surface area contributed by atoms with Gasteiger partial charge in [-0.15, -0.1) is 0 Å². The number of rotatable bonds is 4. The van der Waals surface area contributed by atoms with Gasteiger partial charge in [-0.25, -0.2) is 17.6 Å². The number of hydrogen-bond donors (Lipinski definition) is 1. The van der Waals surface area contributed by atoms with E-state index in [1.807, 2.05) is 28.2 Å². The van der Waals surface area contributed by atoms with E-state index < -0.39 is 29.4 Å². The molecule has 0 aliphatic carbocycles. The molecule has 0 saturated heterocycles. The van der Waals surface area contributed by atoms with Crippen LogP contribution in [0.1, 0.15) is 0 Å². The van der Waals surface area contributed by atoms with Gasteiger partial charge < -0.3 is 9.80 Å². The van der Waals surface area contributed by atoms with Crippen molar-refractivity contribution >= 4 is 34.0 Å². The fourth-order valence-electron chi connectivity index (χ4n) is 4.66. The highest BCUT2D eigenvalue weighted by Gasteiger charge is 2.32. The van der Waals surface area contributed by atoms with E-state index in [0.717, 1.165) is 0 Å². The van der Waals surface area contributed by atoms with Crippen LogP contribution in [0.4, 0.5) is 17.6 Å². The minimum Gasteiger partial charge on any atom is -0.349 e. The average molecular weight is 506 g/mol. The Morgan fingerprint density at radius 2 is 0.757 bits per heavy atom. The Morgan fingerprint density at radius 1 is 0.514 bits per heavy atom. The molecule has 0 heterocycles. The fraction of sp³-hybridized carbons (Fsp3) is 0.138. The van der Waals surface area contributed by atoms with Crippen LogP contribution in [0.2, 0.25) is 0 Å². The lowest BCUT2D eigenvalue weighted by atomic mass is 9.13. The molecule has 4 rings (SSSR count). The third-order valence-corrected chi connectivity index (χ3v) is 6.24. The van der Waals surface area contributed by atoms with Gasteiger partial charge in [0.2, 0.25) is 0 Å². The van der Waals surface area contributed by atoms with Gasteiger partial charge in [-0.2, -0.15) is 21.9 Å². The standard InChI is InChI=1S/C24H16BF4.C5H13N3/c26-21-9-1-5-17(13-21)25(18-6-2-10-22(27)14-18,19-7-3-11-23(28)15-19)20-8-4-12-24(29)16-20;1-7(2)5(6)8(3)4/h1-16H;6H,1-4H3/q-1;. The smallest absolute Gasteiger partial charge is 0.192 e. The Hall–Kier alpha value is -4.07. The molecule has 37 heavy (non-hydrogen) atoms. The van der Waals surface area contributed by atoms with E-state index in [1.54, 1.807) is 58.3 Å². The van der Waals surface area contributed by atoms with E-state index in [-0.39, 0.29) is 0 Å². The molecule has 4 aromatic carbocycles. The highest BCUT2D eigenvalue weighted by atomic mass is 19.1. The lowest BCUT2D eigenvalue weighted by Crippen LogP contribution is -2.75. The molecule has 0 aliphatic heterocycles. The predicted molar refractivity (Wildman–Crippen MR) is 145 cm³/mol. The zero-order valence-corrected chi connectivity index (χ0v) is 21.2. The van der Waals surface area contributed by atoms with Crippen LogP contribution in [0.3, 0.4) is 0 Å². The number of halogens is 4. The molecule has 0 unspecified atom stereocenters. The first-order chi connectivity index (χ1) is 17.5. The number of hydrogen-bond acceptors (Lipinski definition) is 1. The van der Waals surface area contributed by atoms with E-state index >= 15 is 0 Å². The molecule has 0 aromatic heterocycles. The summed E-state index contributed by atoms with van der Waals surface area (Å²) in [7, 11) is 7.40. The molecular weight excluding hydrogens is 477 g/mol. The van der Waals surface area contributed by atoms with Crippen molar-refractivity contribution in [1.29, 1.82) is 5.41 Å². The van der Waals surface area contributed by atoms with Crippen molar-refractivity contribution < 1.29 is 17.6 Å². The van der Waals surface area contributed by atoms with Gasteiger partial charge in [0.25, 0.3) is 0 Å². The topological polar surface area (TPSA) is 30.3 Å². The molecule has 192 valence electrons. The molecule has 0 aliphatic rings. The monoisotopic (exact) mass is 506 g/mol. The van der Waals surface area contributed by atoms with Crippen LogP contribution >= 0.6 is 0 Å². The minimum atomic E-state index is -2.25. The largest absolute Gasteiger partial charge is 0.349 e. The zero-order chi connectivity index (χ0) is 27.2. The van der Waals surface area contributed by atoms with Gasteiger partial charge in [-0.1, -0.05) is 72.8 Å². The summed E-state index contributed by atoms with van der Waals surface area (Å²) < 4.78 is 57.1. The molecule has 0 amide bonds. The molecule has 3 nitrogen and oxygen atoms in total. The molecule has 0 saturated carbocycles. The Morgan fingerprint density at radius 3 is 0.919 bits per heavy atom. The first kappa shape index (κ1) is 27.5. The number of guanidine groups is 1. The molecule has 4 aromatic rings. The summed E-state index contributed by atoms with van der Waals surface area (Å²) in [5.41, 5.74) is 1.97. The van der Waals surface area contributed by atoms with Gasteiger partial charge in [0.15, 0.2) is 5.96 Å². The molecule has 0 atom stereocenters. The summed E-state index contributed by atoms with van der Waals surface area (Å²) in [4.78, 5) is 3.50. The van der Waals surface area contributed by atoms with E-state index in [4.69, 9.17) is 5.41 Å². The van der Waals surface area contributed by atoms with Crippen LogP contribution in [-0.2, 0) is 0 Å². The SMILES string of the molecule is CN(C)C(=N)N(C)C.Fc1cccc([B-](c2cccc(F)c2)(c2cccc(F)c2)c2cccc(F)c2)c1. The fourth-order valence-corrected chi connectivity index (χ4v) is 4.66.